The van der Waals surface area contributed by atoms with Gasteiger partial charge in [-0.3, -0.25) is 0 Å². The van der Waals surface area contributed by atoms with Crippen molar-refractivity contribution in [2.24, 2.45) is 0 Å². The first kappa shape index (κ1) is 5.16. The van der Waals surface area contributed by atoms with Crippen LogP contribution in [0.2, 0.25) is 0 Å². The highest BCUT2D eigenvalue weighted by atomic mass is 19.1. The third-order valence-electron chi connectivity index (χ3n) is 0.252. The second-order valence-corrected chi connectivity index (χ2v) is 0.642. The van der Waals surface area contributed by atoms with Gasteiger partial charge in [-0.1, -0.05) is 5.92 Å². The molecule has 0 heterocycles. The number of carbonyl (C=O) groups excluding carboxylic acids is 1. The highest BCUT2D eigenvalue weighted by molar-refractivity contribution is 5.53. The maximum absolute atomic E-state index is 10.7. The zero-order valence-electron chi connectivity index (χ0n) is 3.07. The second kappa shape index (κ2) is 4.16. The van der Waals surface area contributed by atoms with Gasteiger partial charge in [0.15, 0.2) is 0 Å². The number of hydrogen-bond donors (Lipinski definition) is 0. The molecule has 0 atom stereocenters. The van der Waals surface area contributed by atoms with Gasteiger partial charge in [0, 0.05) is 0 Å². The summed E-state index contributed by atoms with van der Waals surface area (Å²) in [6.45, 7) is 0. The molecule has 0 radical (unpaired) electrons. The fraction of sp³-hybridized carbons (Fsp3) is 0.250. The fourth-order valence-electron chi connectivity index (χ4n) is 0.0802. The molecule has 0 unspecified atom stereocenters. The third-order valence-corrected chi connectivity index (χ3v) is 0.252. The van der Waals surface area contributed by atoms with E-state index in [1.165, 1.54) is 0 Å². The molecule has 0 aromatic heterocycles. The van der Waals surface area contributed by atoms with E-state index in [4.69, 9.17) is 0 Å². The minimum atomic E-state index is -0.00347. The summed E-state index contributed by atoms with van der Waals surface area (Å²) in [4.78, 5) is 9.29. The van der Waals surface area contributed by atoms with Crippen molar-refractivity contribution < 1.29 is 9.18 Å². The van der Waals surface area contributed by atoms with Gasteiger partial charge in [-0.15, -0.1) is 4.39 Å². The number of carbonyl (C=O) groups is 1. The predicted octanol–water partition coefficient (Wildman–Crippen LogP) is 0.506. The van der Waals surface area contributed by atoms with E-state index in [0.717, 1.165) is 6.17 Å². The van der Waals surface area contributed by atoms with Gasteiger partial charge < -0.3 is 4.79 Å². The van der Waals surface area contributed by atoms with E-state index in [2.05, 4.69) is 0 Å². The molecule has 0 saturated heterocycles. The summed E-state index contributed by atoms with van der Waals surface area (Å²) >= 11 is 0. The molecule has 0 fully saturated rings. The SMILES string of the molecule is O=CCC#CF. The zero-order chi connectivity index (χ0) is 4.83. The van der Waals surface area contributed by atoms with Gasteiger partial charge in [-0.2, -0.15) is 0 Å². The van der Waals surface area contributed by atoms with Crippen LogP contribution in [0.5, 0.6) is 0 Å². The van der Waals surface area contributed by atoms with Crippen molar-refractivity contribution >= 4 is 6.29 Å². The summed E-state index contributed by atoms with van der Waals surface area (Å²) in [5, 5.41) is 0. The van der Waals surface area contributed by atoms with E-state index in [1.807, 2.05) is 5.92 Å². The molecular formula is C4H3FO. The molecule has 1 nitrogen and oxygen atoms in total. The summed E-state index contributed by atoms with van der Waals surface area (Å²) in [5.74, 6) is 1.91. The largest absolute Gasteiger partial charge is 0.302 e. The van der Waals surface area contributed by atoms with E-state index >= 15 is 0 Å². The lowest BCUT2D eigenvalue weighted by Gasteiger charge is -1.56. The van der Waals surface area contributed by atoms with Crippen molar-refractivity contribution in [3.63, 3.8) is 0 Å². The molecule has 32 valence electrons. The molecule has 0 aliphatic rings. The van der Waals surface area contributed by atoms with Gasteiger partial charge in [-0.25, -0.2) is 0 Å². The highest BCUT2D eigenvalue weighted by Gasteiger charge is 1.63. The molecule has 0 aromatic rings. The summed E-state index contributed by atoms with van der Waals surface area (Å²) in [6.07, 6.45) is 1.63. The molecule has 0 saturated carbocycles. The lowest BCUT2D eigenvalue weighted by molar-refractivity contribution is -0.107. The predicted molar refractivity (Wildman–Crippen MR) is 19.6 cm³/mol. The second-order valence-electron chi connectivity index (χ2n) is 0.642. The summed E-state index contributed by atoms with van der Waals surface area (Å²) in [7, 11) is 0. The fourth-order valence-corrected chi connectivity index (χ4v) is 0.0802. The van der Waals surface area contributed by atoms with E-state index < -0.39 is 0 Å². The molecule has 0 rings (SSSR count). The van der Waals surface area contributed by atoms with Crippen LogP contribution in [0.3, 0.4) is 0 Å². The molecule has 0 amide bonds. The summed E-state index contributed by atoms with van der Waals surface area (Å²) < 4.78 is 10.7. The van der Waals surface area contributed by atoms with Crippen molar-refractivity contribution in [1.29, 1.82) is 0 Å². The van der Waals surface area contributed by atoms with Crippen LogP contribution in [-0.4, -0.2) is 6.29 Å². The van der Waals surface area contributed by atoms with Crippen molar-refractivity contribution in [3.8, 4) is 12.1 Å². The number of rotatable bonds is 1. The van der Waals surface area contributed by atoms with Crippen molar-refractivity contribution in [2.75, 3.05) is 0 Å². The van der Waals surface area contributed by atoms with Crippen molar-refractivity contribution in [2.45, 2.75) is 6.42 Å². The van der Waals surface area contributed by atoms with Crippen LogP contribution in [0.25, 0.3) is 0 Å². The molecule has 0 aromatic carbocycles. The topological polar surface area (TPSA) is 17.1 Å². The Kier molecular flexibility index (Phi) is 3.58. The van der Waals surface area contributed by atoms with Gasteiger partial charge in [0.1, 0.15) is 12.5 Å². The Balaban J connectivity index is 3.00. The Morgan fingerprint density at radius 1 is 1.83 bits per heavy atom. The molecule has 0 aliphatic heterocycles. The molecule has 2 heteroatoms. The normalized spacial score (nSPS) is 5.50. The van der Waals surface area contributed by atoms with Crippen LogP contribution in [0.15, 0.2) is 0 Å². The third kappa shape index (κ3) is 3.16. The Morgan fingerprint density at radius 2 is 2.50 bits per heavy atom. The van der Waals surface area contributed by atoms with E-state index in [-0.39, 0.29) is 6.42 Å². The van der Waals surface area contributed by atoms with Gasteiger partial charge in [0.2, 0.25) is 0 Å². The average molecular weight is 86.1 g/mol. The number of aldehydes is 1. The minimum Gasteiger partial charge on any atom is -0.302 e. The maximum Gasteiger partial charge on any atom is 0.131 e. The number of hydrogen-bond acceptors (Lipinski definition) is 1. The van der Waals surface area contributed by atoms with Crippen molar-refractivity contribution in [1.82, 2.24) is 0 Å². The molecule has 0 spiro atoms. The first-order chi connectivity index (χ1) is 2.91. The maximum atomic E-state index is 10.7. The highest BCUT2D eigenvalue weighted by Crippen LogP contribution is 1.62. The Hall–Kier alpha value is -0.840. The summed E-state index contributed by atoms with van der Waals surface area (Å²) in [6, 6.07) is 0. The van der Waals surface area contributed by atoms with Crippen LogP contribution in [-0.2, 0) is 4.79 Å². The van der Waals surface area contributed by atoms with E-state index in [0.29, 0.717) is 6.29 Å². The monoisotopic (exact) mass is 86.0 g/mol. The van der Waals surface area contributed by atoms with Crippen LogP contribution in [0, 0.1) is 12.1 Å². The molecule has 0 aliphatic carbocycles. The van der Waals surface area contributed by atoms with Crippen LogP contribution in [0.1, 0.15) is 6.42 Å². The first-order valence-electron chi connectivity index (χ1n) is 1.44. The van der Waals surface area contributed by atoms with E-state index in [1.54, 1.807) is 0 Å². The molecular weight excluding hydrogens is 83.0 g/mol. The standard InChI is InChI=1S/C4H3FO/c5-3-1-2-4-6/h4H,2H2. The van der Waals surface area contributed by atoms with Crippen molar-refractivity contribution in [3.05, 3.63) is 0 Å². The van der Waals surface area contributed by atoms with Crippen LogP contribution in [0.4, 0.5) is 4.39 Å². The number of halogens is 1. The lowest BCUT2D eigenvalue weighted by atomic mass is 10.5. The van der Waals surface area contributed by atoms with Gasteiger partial charge in [0.05, 0.1) is 6.42 Å². The minimum absolute atomic E-state index is 0.00347. The average Bonchev–Trinajstić information content (AvgIpc) is 1.61. The first-order valence-corrected chi connectivity index (χ1v) is 1.44. The van der Waals surface area contributed by atoms with Gasteiger partial charge in [-0.05, 0) is 0 Å². The molecule has 0 N–H and O–H groups in total. The zero-order valence-corrected chi connectivity index (χ0v) is 3.07. The Labute approximate surface area is 35.2 Å². The quantitative estimate of drug-likeness (QED) is 0.335. The molecule has 6 heavy (non-hydrogen) atoms. The van der Waals surface area contributed by atoms with Gasteiger partial charge >= 0.3 is 0 Å². The Morgan fingerprint density at radius 3 is 2.67 bits per heavy atom. The summed E-state index contributed by atoms with van der Waals surface area (Å²) in [5.41, 5.74) is 0. The smallest absolute Gasteiger partial charge is 0.131 e. The van der Waals surface area contributed by atoms with Crippen LogP contribution >= 0.6 is 0 Å². The molecule has 0 bridgehead atoms. The Bertz CT molecular complexity index is 87.5. The lowest BCUT2D eigenvalue weighted by Crippen LogP contribution is -1.62. The van der Waals surface area contributed by atoms with E-state index in [9.17, 15) is 9.18 Å². The van der Waals surface area contributed by atoms with Crippen LogP contribution < -0.4 is 0 Å². The van der Waals surface area contributed by atoms with Gasteiger partial charge in [0.25, 0.3) is 0 Å².